The summed E-state index contributed by atoms with van der Waals surface area (Å²) < 4.78 is 0. The van der Waals surface area contributed by atoms with Crippen LogP contribution in [0.4, 0.5) is 0 Å². The summed E-state index contributed by atoms with van der Waals surface area (Å²) in [5, 5.41) is 20.2. The molecular formula is C21H38N6O6. The Morgan fingerprint density at radius 3 is 2.18 bits per heavy atom. The van der Waals surface area contributed by atoms with E-state index in [4.69, 9.17) is 11.5 Å². The Kier molecular flexibility index (Phi) is 12.4. The van der Waals surface area contributed by atoms with Crippen molar-refractivity contribution in [1.29, 1.82) is 0 Å². The standard InChI is InChI=1S/C21H38N6O6/c1-12(2)17(27-18(29)13-7-5-11-24-13)20(31)25-14(6-3-4-10-22)19(30)26-15(21(32)33)8-9-16(23)28/h12-15,17,24H,3-11,22H2,1-2H3,(H2,23,28)(H,25,31)(H,26,30)(H,27,29)(H,32,33). The lowest BCUT2D eigenvalue weighted by molar-refractivity contribution is -0.142. The van der Waals surface area contributed by atoms with Crippen molar-refractivity contribution in [1.82, 2.24) is 21.3 Å². The average Bonchev–Trinajstić information content (AvgIpc) is 3.28. The Hall–Kier alpha value is -2.73. The number of unbranched alkanes of at least 4 members (excludes halogenated alkanes) is 1. The third-order valence-electron chi connectivity index (χ3n) is 5.50. The second-order valence-corrected chi connectivity index (χ2v) is 8.63. The molecule has 1 saturated heterocycles. The first-order valence-electron chi connectivity index (χ1n) is 11.4. The molecule has 12 heteroatoms. The smallest absolute Gasteiger partial charge is 0.326 e. The zero-order valence-corrected chi connectivity index (χ0v) is 19.4. The normalized spacial score (nSPS) is 18.2. The van der Waals surface area contributed by atoms with Crippen LogP contribution in [0.25, 0.3) is 0 Å². The Morgan fingerprint density at radius 1 is 1.00 bits per heavy atom. The molecule has 0 radical (unpaired) electrons. The maximum atomic E-state index is 13.0. The van der Waals surface area contributed by atoms with E-state index in [1.807, 2.05) is 0 Å². The molecule has 1 aliphatic rings. The van der Waals surface area contributed by atoms with E-state index in [1.165, 1.54) is 0 Å². The van der Waals surface area contributed by atoms with Gasteiger partial charge in [-0.25, -0.2) is 4.79 Å². The number of nitrogens with two attached hydrogens (primary N) is 2. The molecule has 0 aromatic carbocycles. The van der Waals surface area contributed by atoms with E-state index in [-0.39, 0.29) is 37.1 Å². The van der Waals surface area contributed by atoms with Crippen LogP contribution in [0.2, 0.25) is 0 Å². The quantitative estimate of drug-likeness (QED) is 0.137. The van der Waals surface area contributed by atoms with Crippen molar-refractivity contribution in [3.05, 3.63) is 0 Å². The van der Waals surface area contributed by atoms with E-state index in [9.17, 15) is 29.1 Å². The van der Waals surface area contributed by atoms with Crippen LogP contribution in [-0.2, 0) is 24.0 Å². The molecular weight excluding hydrogens is 432 g/mol. The Labute approximate surface area is 194 Å². The van der Waals surface area contributed by atoms with Gasteiger partial charge >= 0.3 is 5.97 Å². The van der Waals surface area contributed by atoms with Gasteiger partial charge in [0.25, 0.3) is 0 Å². The number of carboxylic acid groups (broad SMARTS) is 1. The predicted molar refractivity (Wildman–Crippen MR) is 121 cm³/mol. The molecule has 4 atom stereocenters. The Balaban J connectivity index is 2.88. The molecule has 4 amide bonds. The van der Waals surface area contributed by atoms with E-state index in [0.29, 0.717) is 25.8 Å². The molecule has 1 heterocycles. The van der Waals surface area contributed by atoms with Crippen molar-refractivity contribution in [2.75, 3.05) is 13.1 Å². The van der Waals surface area contributed by atoms with Gasteiger partial charge in [-0.2, -0.15) is 0 Å². The van der Waals surface area contributed by atoms with E-state index >= 15 is 0 Å². The fourth-order valence-electron chi connectivity index (χ4n) is 3.54. The number of carbonyl (C=O) groups is 5. The monoisotopic (exact) mass is 470 g/mol. The third kappa shape index (κ3) is 10.2. The minimum absolute atomic E-state index is 0.168. The summed E-state index contributed by atoms with van der Waals surface area (Å²) in [4.78, 5) is 60.8. The summed E-state index contributed by atoms with van der Waals surface area (Å²) in [5.74, 6) is -3.74. The Bertz CT molecular complexity index is 695. The van der Waals surface area contributed by atoms with Crippen molar-refractivity contribution in [3.63, 3.8) is 0 Å². The molecule has 188 valence electrons. The lowest BCUT2D eigenvalue weighted by Crippen LogP contribution is -2.58. The number of carboxylic acids is 1. The molecule has 0 spiro atoms. The van der Waals surface area contributed by atoms with Crippen LogP contribution in [-0.4, -0.2) is 72.0 Å². The minimum Gasteiger partial charge on any atom is -0.480 e. The zero-order valence-electron chi connectivity index (χ0n) is 19.4. The average molecular weight is 471 g/mol. The van der Waals surface area contributed by atoms with Gasteiger partial charge in [0.1, 0.15) is 18.1 Å². The van der Waals surface area contributed by atoms with E-state index in [1.54, 1.807) is 13.8 Å². The van der Waals surface area contributed by atoms with Gasteiger partial charge in [0, 0.05) is 6.42 Å². The predicted octanol–water partition coefficient (Wildman–Crippen LogP) is -1.67. The highest BCUT2D eigenvalue weighted by atomic mass is 16.4. The molecule has 4 unspecified atom stereocenters. The van der Waals surface area contributed by atoms with Crippen LogP contribution >= 0.6 is 0 Å². The van der Waals surface area contributed by atoms with Gasteiger partial charge < -0.3 is 37.8 Å². The minimum atomic E-state index is -1.33. The van der Waals surface area contributed by atoms with Crippen molar-refractivity contribution >= 4 is 29.6 Å². The first-order chi connectivity index (χ1) is 15.6. The van der Waals surface area contributed by atoms with Gasteiger partial charge in [-0.3, -0.25) is 19.2 Å². The van der Waals surface area contributed by atoms with Crippen LogP contribution in [0.3, 0.4) is 0 Å². The van der Waals surface area contributed by atoms with Crippen LogP contribution in [0.15, 0.2) is 0 Å². The highest BCUT2D eigenvalue weighted by Gasteiger charge is 2.32. The fourth-order valence-corrected chi connectivity index (χ4v) is 3.54. The molecule has 9 N–H and O–H groups in total. The fraction of sp³-hybridized carbons (Fsp3) is 0.762. The zero-order chi connectivity index (χ0) is 25.0. The molecule has 0 aliphatic carbocycles. The topological polar surface area (TPSA) is 206 Å². The van der Waals surface area contributed by atoms with Gasteiger partial charge in [0.15, 0.2) is 0 Å². The van der Waals surface area contributed by atoms with Gasteiger partial charge in [-0.15, -0.1) is 0 Å². The van der Waals surface area contributed by atoms with Gasteiger partial charge in [0.2, 0.25) is 23.6 Å². The Morgan fingerprint density at radius 2 is 1.67 bits per heavy atom. The largest absolute Gasteiger partial charge is 0.480 e. The summed E-state index contributed by atoms with van der Waals surface area (Å²) in [6.45, 7) is 4.69. The molecule has 0 aromatic heterocycles. The summed E-state index contributed by atoms with van der Waals surface area (Å²) in [7, 11) is 0. The number of primary amides is 1. The van der Waals surface area contributed by atoms with Crippen LogP contribution in [0, 0.1) is 5.92 Å². The summed E-state index contributed by atoms with van der Waals surface area (Å²) in [6, 6.07) is -3.57. The number of hydrogen-bond acceptors (Lipinski definition) is 7. The molecule has 1 aliphatic heterocycles. The molecule has 0 aromatic rings. The van der Waals surface area contributed by atoms with Crippen molar-refractivity contribution in [2.24, 2.45) is 17.4 Å². The number of hydrogen-bond donors (Lipinski definition) is 7. The number of rotatable bonds is 15. The van der Waals surface area contributed by atoms with Crippen LogP contribution in [0.1, 0.15) is 58.8 Å². The summed E-state index contributed by atoms with van der Waals surface area (Å²) in [6.07, 6.45) is 2.56. The number of carbonyl (C=O) groups excluding carboxylic acids is 4. The third-order valence-corrected chi connectivity index (χ3v) is 5.50. The van der Waals surface area contributed by atoms with Crippen LogP contribution in [0.5, 0.6) is 0 Å². The number of nitrogens with one attached hydrogen (secondary N) is 4. The van der Waals surface area contributed by atoms with E-state index in [2.05, 4.69) is 21.3 Å². The second-order valence-electron chi connectivity index (χ2n) is 8.63. The van der Waals surface area contributed by atoms with E-state index in [0.717, 1.165) is 13.0 Å². The molecule has 12 nitrogen and oxygen atoms in total. The lowest BCUT2D eigenvalue weighted by atomic mass is 10.0. The molecule has 0 saturated carbocycles. The first-order valence-corrected chi connectivity index (χ1v) is 11.4. The van der Waals surface area contributed by atoms with Crippen molar-refractivity contribution in [3.8, 4) is 0 Å². The summed E-state index contributed by atoms with van der Waals surface area (Å²) in [5.41, 5.74) is 10.6. The summed E-state index contributed by atoms with van der Waals surface area (Å²) >= 11 is 0. The van der Waals surface area contributed by atoms with Gasteiger partial charge in [-0.05, 0) is 57.5 Å². The number of amides is 4. The van der Waals surface area contributed by atoms with Gasteiger partial charge in [-0.1, -0.05) is 13.8 Å². The van der Waals surface area contributed by atoms with E-state index < -0.39 is 41.8 Å². The van der Waals surface area contributed by atoms with Crippen LogP contribution < -0.4 is 32.7 Å². The highest BCUT2D eigenvalue weighted by molar-refractivity contribution is 5.94. The lowest BCUT2D eigenvalue weighted by Gasteiger charge is -2.27. The van der Waals surface area contributed by atoms with Gasteiger partial charge in [0.05, 0.1) is 6.04 Å². The molecule has 1 fully saturated rings. The molecule has 0 bridgehead atoms. The highest BCUT2D eigenvalue weighted by Crippen LogP contribution is 2.10. The first kappa shape index (κ1) is 28.3. The number of aliphatic carboxylic acids is 1. The maximum absolute atomic E-state index is 13.0. The van der Waals surface area contributed by atoms with Crippen molar-refractivity contribution < 1.29 is 29.1 Å². The SMILES string of the molecule is CC(C)C(NC(=O)C1CCCN1)C(=O)NC(CCCCN)C(=O)NC(CCC(N)=O)C(=O)O. The van der Waals surface area contributed by atoms with Crippen molar-refractivity contribution in [2.45, 2.75) is 83.0 Å². The molecule has 33 heavy (non-hydrogen) atoms. The molecule has 1 rings (SSSR count). The second kappa shape index (κ2) is 14.4. The maximum Gasteiger partial charge on any atom is 0.326 e.